The van der Waals surface area contributed by atoms with E-state index in [0.29, 0.717) is 29.5 Å². The fourth-order valence-corrected chi connectivity index (χ4v) is 4.22. The van der Waals surface area contributed by atoms with Crippen LogP contribution in [0.4, 0.5) is 5.82 Å². The molecule has 1 aliphatic rings. The highest BCUT2D eigenvalue weighted by Crippen LogP contribution is 2.18. The predicted molar refractivity (Wildman–Crippen MR) is 129 cm³/mol. The number of nitrogens with one attached hydrogen (secondary N) is 1. The first kappa shape index (κ1) is 23.0. The van der Waals surface area contributed by atoms with Crippen LogP contribution in [0.2, 0.25) is 5.02 Å². The van der Waals surface area contributed by atoms with Crippen LogP contribution in [0.25, 0.3) is 0 Å². The number of anilines is 1. The highest BCUT2D eigenvalue weighted by atomic mass is 35.5. The number of amides is 1. The van der Waals surface area contributed by atoms with Crippen LogP contribution in [0, 0.1) is 11.3 Å². The number of aromatic nitrogens is 2. The second-order valence-electron chi connectivity index (χ2n) is 8.23. The average Bonchev–Trinajstić information content (AvgIpc) is 3.13. The molecule has 8 heteroatoms. The number of nitriles is 1. The van der Waals surface area contributed by atoms with Gasteiger partial charge in [0, 0.05) is 30.7 Å². The van der Waals surface area contributed by atoms with Crippen molar-refractivity contribution in [2.45, 2.75) is 19.5 Å². The van der Waals surface area contributed by atoms with Crippen molar-refractivity contribution in [1.82, 2.24) is 19.6 Å². The molecule has 0 radical (unpaired) electrons. The van der Waals surface area contributed by atoms with Gasteiger partial charge in [-0.25, -0.2) is 4.68 Å². The molecule has 2 aromatic carbocycles. The molecule has 0 bridgehead atoms. The summed E-state index contributed by atoms with van der Waals surface area (Å²) in [6.45, 7) is 5.31. The first-order valence-corrected chi connectivity index (χ1v) is 11.5. The maximum atomic E-state index is 12.7. The molecule has 33 heavy (non-hydrogen) atoms. The second-order valence-corrected chi connectivity index (χ2v) is 8.64. The lowest BCUT2D eigenvalue weighted by Crippen LogP contribution is -2.36. The molecule has 2 heterocycles. The maximum Gasteiger partial charge on any atom is 0.239 e. The van der Waals surface area contributed by atoms with E-state index < -0.39 is 0 Å². The Kier molecular flexibility index (Phi) is 7.74. The van der Waals surface area contributed by atoms with Crippen molar-refractivity contribution in [2.24, 2.45) is 0 Å². The third kappa shape index (κ3) is 6.42. The monoisotopic (exact) mass is 462 g/mol. The third-order valence-corrected chi connectivity index (χ3v) is 6.17. The van der Waals surface area contributed by atoms with Gasteiger partial charge in [-0.2, -0.15) is 10.4 Å². The summed E-state index contributed by atoms with van der Waals surface area (Å²) in [6.07, 6.45) is 2.69. The van der Waals surface area contributed by atoms with Crippen molar-refractivity contribution in [2.75, 3.05) is 38.0 Å². The highest BCUT2D eigenvalue weighted by molar-refractivity contribution is 6.31. The van der Waals surface area contributed by atoms with Gasteiger partial charge in [0.2, 0.25) is 5.91 Å². The van der Waals surface area contributed by atoms with Crippen LogP contribution in [0.5, 0.6) is 0 Å². The SMILES string of the molecule is N#Cc1ccc(CN2CCCN(CC(=O)Nc3ccnn3Cc3ccccc3Cl)CC2)cc1. The van der Waals surface area contributed by atoms with Gasteiger partial charge in [0.25, 0.3) is 0 Å². The molecule has 1 N–H and O–H groups in total. The van der Waals surface area contributed by atoms with E-state index in [1.807, 2.05) is 48.5 Å². The molecular weight excluding hydrogens is 436 g/mol. The van der Waals surface area contributed by atoms with Crippen molar-refractivity contribution >= 4 is 23.3 Å². The summed E-state index contributed by atoms with van der Waals surface area (Å²) in [5.74, 6) is 0.619. The largest absolute Gasteiger partial charge is 0.310 e. The lowest BCUT2D eigenvalue weighted by Gasteiger charge is -2.21. The van der Waals surface area contributed by atoms with Crippen molar-refractivity contribution in [3.8, 4) is 6.07 Å². The van der Waals surface area contributed by atoms with Crippen LogP contribution in [0.1, 0.15) is 23.1 Å². The van der Waals surface area contributed by atoms with E-state index in [1.165, 1.54) is 5.56 Å². The maximum absolute atomic E-state index is 12.7. The standard InChI is InChI=1S/C25H27ClN6O/c26-23-5-2-1-4-22(23)18-32-24(10-11-28-32)29-25(33)19-31-13-3-12-30(14-15-31)17-21-8-6-20(16-27)7-9-21/h1-2,4-11H,3,12-15,17-19H2,(H,29,33). The Labute approximate surface area is 199 Å². The first-order chi connectivity index (χ1) is 16.1. The number of carbonyl (C=O) groups excluding carboxylic acids is 1. The molecule has 1 aliphatic heterocycles. The minimum absolute atomic E-state index is 0.0450. The fraction of sp³-hybridized carbons (Fsp3) is 0.320. The van der Waals surface area contributed by atoms with E-state index in [2.05, 4.69) is 26.3 Å². The zero-order valence-corrected chi connectivity index (χ0v) is 19.2. The molecule has 1 saturated heterocycles. The number of hydrogen-bond acceptors (Lipinski definition) is 5. The van der Waals surface area contributed by atoms with E-state index in [-0.39, 0.29) is 5.91 Å². The number of carbonyl (C=O) groups is 1. The third-order valence-electron chi connectivity index (χ3n) is 5.80. The molecule has 170 valence electrons. The van der Waals surface area contributed by atoms with Crippen LogP contribution in [-0.4, -0.2) is 58.2 Å². The van der Waals surface area contributed by atoms with Crippen molar-refractivity contribution in [3.63, 3.8) is 0 Å². The Morgan fingerprint density at radius 2 is 1.76 bits per heavy atom. The Hall–Kier alpha value is -3.18. The molecule has 0 atom stereocenters. The van der Waals surface area contributed by atoms with Crippen LogP contribution in [0.3, 0.4) is 0 Å². The zero-order valence-electron chi connectivity index (χ0n) is 18.5. The van der Waals surface area contributed by atoms with Gasteiger partial charge in [0.1, 0.15) is 5.82 Å². The van der Waals surface area contributed by atoms with Crippen LogP contribution < -0.4 is 5.32 Å². The van der Waals surface area contributed by atoms with Crippen LogP contribution >= 0.6 is 11.6 Å². The van der Waals surface area contributed by atoms with Gasteiger partial charge in [-0.3, -0.25) is 14.6 Å². The van der Waals surface area contributed by atoms with Gasteiger partial charge >= 0.3 is 0 Å². The van der Waals surface area contributed by atoms with E-state index in [1.54, 1.807) is 16.9 Å². The molecule has 0 aliphatic carbocycles. The Morgan fingerprint density at radius 3 is 2.55 bits per heavy atom. The van der Waals surface area contributed by atoms with E-state index >= 15 is 0 Å². The van der Waals surface area contributed by atoms with Crippen molar-refractivity contribution in [1.29, 1.82) is 5.26 Å². The Morgan fingerprint density at radius 1 is 1.00 bits per heavy atom. The lowest BCUT2D eigenvalue weighted by atomic mass is 10.1. The minimum Gasteiger partial charge on any atom is -0.310 e. The smallest absolute Gasteiger partial charge is 0.239 e. The number of nitrogens with zero attached hydrogens (tertiary/aromatic N) is 5. The number of hydrogen-bond donors (Lipinski definition) is 1. The summed E-state index contributed by atoms with van der Waals surface area (Å²) < 4.78 is 1.75. The second kappa shape index (κ2) is 11.1. The van der Waals surface area contributed by atoms with Gasteiger partial charge in [-0.1, -0.05) is 41.9 Å². The van der Waals surface area contributed by atoms with Gasteiger partial charge in [-0.15, -0.1) is 0 Å². The summed E-state index contributed by atoms with van der Waals surface area (Å²) in [4.78, 5) is 17.3. The van der Waals surface area contributed by atoms with Gasteiger partial charge in [0.05, 0.1) is 30.9 Å². The van der Waals surface area contributed by atoms with E-state index in [4.69, 9.17) is 16.9 Å². The number of rotatable bonds is 7. The summed E-state index contributed by atoms with van der Waals surface area (Å²) in [5.41, 5.74) is 2.83. The highest BCUT2D eigenvalue weighted by Gasteiger charge is 2.18. The number of halogens is 1. The van der Waals surface area contributed by atoms with Crippen molar-refractivity contribution < 1.29 is 4.79 Å². The Balaban J connectivity index is 1.28. The van der Waals surface area contributed by atoms with Crippen LogP contribution in [-0.2, 0) is 17.9 Å². The molecule has 3 aromatic rings. The van der Waals surface area contributed by atoms with Gasteiger partial charge < -0.3 is 5.32 Å². The molecule has 0 unspecified atom stereocenters. The molecule has 1 aromatic heterocycles. The van der Waals surface area contributed by atoms with Crippen LogP contribution in [0.15, 0.2) is 60.8 Å². The molecule has 1 fully saturated rings. The summed E-state index contributed by atoms with van der Waals surface area (Å²) in [5, 5.41) is 17.0. The summed E-state index contributed by atoms with van der Waals surface area (Å²) in [6, 6.07) is 19.3. The number of benzene rings is 2. The first-order valence-electron chi connectivity index (χ1n) is 11.1. The summed E-state index contributed by atoms with van der Waals surface area (Å²) in [7, 11) is 0. The van der Waals surface area contributed by atoms with Gasteiger partial charge in [-0.05, 0) is 48.8 Å². The molecule has 7 nitrogen and oxygen atoms in total. The molecule has 1 amide bonds. The molecule has 0 saturated carbocycles. The minimum atomic E-state index is -0.0450. The lowest BCUT2D eigenvalue weighted by molar-refractivity contribution is -0.117. The summed E-state index contributed by atoms with van der Waals surface area (Å²) >= 11 is 6.27. The Bertz CT molecular complexity index is 1120. The molecule has 0 spiro atoms. The van der Waals surface area contributed by atoms with E-state index in [0.717, 1.165) is 44.7 Å². The topological polar surface area (TPSA) is 77.2 Å². The normalized spacial score (nSPS) is 15.0. The predicted octanol–water partition coefficient (Wildman–Crippen LogP) is 3.60. The van der Waals surface area contributed by atoms with Gasteiger partial charge in [0.15, 0.2) is 0 Å². The zero-order chi connectivity index (χ0) is 23.0. The quantitative estimate of drug-likeness (QED) is 0.580. The molecular formula is C25H27ClN6O. The van der Waals surface area contributed by atoms with E-state index in [9.17, 15) is 4.79 Å². The fourth-order valence-electron chi connectivity index (χ4n) is 4.02. The average molecular weight is 463 g/mol. The molecule has 4 rings (SSSR count). The van der Waals surface area contributed by atoms with Crippen molar-refractivity contribution in [3.05, 3.63) is 82.5 Å².